The maximum Gasteiger partial charge on any atom is 0.322 e. The molecule has 0 bridgehead atoms. The fourth-order valence-corrected chi connectivity index (χ4v) is 2.04. The molecule has 1 saturated heterocycles. The number of rotatable bonds is 4. The minimum absolute atomic E-state index is 0.134. The Balaban J connectivity index is 1.79. The molecule has 0 unspecified atom stereocenters. The summed E-state index contributed by atoms with van der Waals surface area (Å²) >= 11 is 0. The highest BCUT2D eigenvalue weighted by atomic mass is 16.3. The van der Waals surface area contributed by atoms with Gasteiger partial charge < -0.3 is 15.7 Å². The van der Waals surface area contributed by atoms with E-state index in [-0.39, 0.29) is 30.4 Å². The van der Waals surface area contributed by atoms with E-state index in [1.54, 1.807) is 24.3 Å². The predicted molar refractivity (Wildman–Crippen MR) is 74.5 cm³/mol. The Morgan fingerprint density at radius 1 is 1.29 bits per heavy atom. The number of carbonyl (C=O) groups excluding carboxylic acids is 3. The molecule has 21 heavy (non-hydrogen) atoms. The van der Waals surface area contributed by atoms with E-state index < -0.39 is 12.1 Å². The van der Waals surface area contributed by atoms with E-state index in [4.69, 9.17) is 0 Å². The van der Waals surface area contributed by atoms with Crippen molar-refractivity contribution < 1.29 is 19.5 Å². The summed E-state index contributed by atoms with van der Waals surface area (Å²) in [6.45, 7) is 0.414. The predicted octanol–water partition coefficient (Wildman–Crippen LogP) is 0.0391. The van der Waals surface area contributed by atoms with Crippen LogP contribution in [-0.2, 0) is 16.0 Å². The summed E-state index contributed by atoms with van der Waals surface area (Å²) in [6, 6.07) is 5.38. The van der Waals surface area contributed by atoms with Gasteiger partial charge in [-0.3, -0.25) is 14.9 Å². The van der Waals surface area contributed by atoms with Crippen molar-refractivity contribution in [1.29, 1.82) is 0 Å². The number of phenols is 1. The Kier molecular flexibility index (Phi) is 4.76. The first-order valence-corrected chi connectivity index (χ1v) is 6.70. The van der Waals surface area contributed by atoms with E-state index in [2.05, 4.69) is 16.0 Å². The van der Waals surface area contributed by atoms with Crippen LogP contribution in [0.25, 0.3) is 0 Å². The van der Waals surface area contributed by atoms with Crippen molar-refractivity contribution >= 4 is 17.8 Å². The lowest BCUT2D eigenvalue weighted by molar-refractivity contribution is -0.123. The number of hydrogen-bond acceptors (Lipinski definition) is 4. The van der Waals surface area contributed by atoms with Crippen molar-refractivity contribution in [2.45, 2.75) is 25.3 Å². The summed E-state index contributed by atoms with van der Waals surface area (Å²) in [5.41, 5.74) is 0.981. The molecule has 1 atom stereocenters. The first-order chi connectivity index (χ1) is 10.0. The second-order valence-corrected chi connectivity index (χ2v) is 4.82. The molecule has 2 rings (SSSR count). The fourth-order valence-electron chi connectivity index (χ4n) is 2.04. The number of carbonyl (C=O) groups is 3. The molecule has 1 aliphatic rings. The normalized spacial score (nSPS) is 18.4. The number of phenolic OH excluding ortho intramolecular Hbond substituents is 1. The van der Waals surface area contributed by atoms with Gasteiger partial charge in [0, 0.05) is 13.0 Å². The van der Waals surface area contributed by atoms with E-state index in [0.717, 1.165) is 5.56 Å². The van der Waals surface area contributed by atoms with Gasteiger partial charge >= 0.3 is 6.03 Å². The average Bonchev–Trinajstić information content (AvgIpc) is 2.61. The third kappa shape index (κ3) is 4.48. The van der Waals surface area contributed by atoms with Crippen LogP contribution in [-0.4, -0.2) is 35.5 Å². The highest BCUT2D eigenvalue weighted by molar-refractivity contribution is 5.98. The summed E-state index contributed by atoms with van der Waals surface area (Å²) in [6.07, 6.45) is 1.03. The number of urea groups is 1. The summed E-state index contributed by atoms with van der Waals surface area (Å²) in [7, 11) is 0. The molecule has 112 valence electrons. The fraction of sp³-hybridized carbons (Fsp3) is 0.357. The first kappa shape index (κ1) is 14.8. The zero-order chi connectivity index (χ0) is 15.2. The maximum atomic E-state index is 11.9. The summed E-state index contributed by atoms with van der Waals surface area (Å²) < 4.78 is 0. The zero-order valence-corrected chi connectivity index (χ0v) is 11.4. The Labute approximate surface area is 121 Å². The van der Waals surface area contributed by atoms with Crippen LogP contribution in [0.5, 0.6) is 5.75 Å². The minimum atomic E-state index is -0.698. The molecule has 0 aliphatic carbocycles. The van der Waals surface area contributed by atoms with Crippen LogP contribution in [0.1, 0.15) is 18.4 Å². The molecule has 7 heteroatoms. The summed E-state index contributed by atoms with van der Waals surface area (Å²) in [4.78, 5) is 34.4. The van der Waals surface area contributed by atoms with Crippen LogP contribution < -0.4 is 16.0 Å². The molecule has 1 aromatic rings. The molecule has 1 heterocycles. The average molecular weight is 291 g/mol. The van der Waals surface area contributed by atoms with E-state index in [1.807, 2.05) is 0 Å². The second-order valence-electron chi connectivity index (χ2n) is 4.82. The molecular formula is C14H17N3O4. The van der Waals surface area contributed by atoms with E-state index in [9.17, 15) is 19.5 Å². The molecule has 7 nitrogen and oxygen atoms in total. The molecule has 1 aliphatic heterocycles. The number of imide groups is 1. The number of benzene rings is 1. The SMILES string of the molecule is O=C1CC[C@@H](C(=O)NCCc2ccc(O)cc2)NC(=O)N1. The Hall–Kier alpha value is -2.57. The van der Waals surface area contributed by atoms with Crippen molar-refractivity contribution in [2.24, 2.45) is 0 Å². The van der Waals surface area contributed by atoms with Crippen LogP contribution in [0.15, 0.2) is 24.3 Å². The van der Waals surface area contributed by atoms with Crippen LogP contribution in [0.4, 0.5) is 4.79 Å². The van der Waals surface area contributed by atoms with Gasteiger partial charge in [0.05, 0.1) is 0 Å². The van der Waals surface area contributed by atoms with Crippen molar-refractivity contribution in [3.05, 3.63) is 29.8 Å². The van der Waals surface area contributed by atoms with E-state index >= 15 is 0 Å². The number of hydrogen-bond donors (Lipinski definition) is 4. The molecule has 0 aromatic heterocycles. The Morgan fingerprint density at radius 3 is 2.71 bits per heavy atom. The molecule has 0 spiro atoms. The smallest absolute Gasteiger partial charge is 0.322 e. The van der Waals surface area contributed by atoms with Gasteiger partial charge in [-0.05, 0) is 30.5 Å². The summed E-state index contributed by atoms with van der Waals surface area (Å²) in [5.74, 6) is -0.494. The lowest BCUT2D eigenvalue weighted by atomic mass is 10.1. The van der Waals surface area contributed by atoms with Gasteiger partial charge in [0.15, 0.2) is 0 Å². The monoisotopic (exact) mass is 291 g/mol. The van der Waals surface area contributed by atoms with Gasteiger partial charge in [0.2, 0.25) is 11.8 Å². The Bertz CT molecular complexity index is 542. The van der Waals surface area contributed by atoms with E-state index in [0.29, 0.717) is 13.0 Å². The number of aromatic hydroxyl groups is 1. The highest BCUT2D eigenvalue weighted by Crippen LogP contribution is 2.09. The molecule has 4 N–H and O–H groups in total. The summed E-state index contributed by atoms with van der Waals surface area (Å²) in [5, 5.41) is 16.5. The van der Waals surface area contributed by atoms with Crippen molar-refractivity contribution in [3.63, 3.8) is 0 Å². The van der Waals surface area contributed by atoms with Crippen LogP contribution >= 0.6 is 0 Å². The third-order valence-electron chi connectivity index (χ3n) is 3.18. The standard InChI is InChI=1S/C14H17N3O4/c18-10-3-1-9(2-4-10)7-8-15-13(20)11-5-6-12(19)17-14(21)16-11/h1-4,11,18H,5-8H2,(H,15,20)(H2,16,17,19,21)/t11-/m0/s1. The van der Waals surface area contributed by atoms with Gasteiger partial charge in [-0.25, -0.2) is 4.79 Å². The quantitative estimate of drug-likeness (QED) is 0.628. The van der Waals surface area contributed by atoms with Gasteiger partial charge in [-0.1, -0.05) is 12.1 Å². The van der Waals surface area contributed by atoms with Gasteiger partial charge in [-0.2, -0.15) is 0 Å². The lowest BCUT2D eigenvalue weighted by Crippen LogP contribution is -2.48. The van der Waals surface area contributed by atoms with Crippen molar-refractivity contribution in [3.8, 4) is 5.75 Å². The third-order valence-corrected chi connectivity index (χ3v) is 3.18. The van der Waals surface area contributed by atoms with Crippen LogP contribution in [0.2, 0.25) is 0 Å². The molecule has 0 radical (unpaired) electrons. The lowest BCUT2D eigenvalue weighted by Gasteiger charge is -2.14. The number of nitrogens with one attached hydrogen (secondary N) is 3. The van der Waals surface area contributed by atoms with Gasteiger partial charge in [-0.15, -0.1) is 0 Å². The first-order valence-electron chi connectivity index (χ1n) is 6.70. The molecule has 4 amide bonds. The number of amides is 4. The minimum Gasteiger partial charge on any atom is -0.508 e. The molecule has 1 aromatic carbocycles. The van der Waals surface area contributed by atoms with Crippen LogP contribution in [0.3, 0.4) is 0 Å². The van der Waals surface area contributed by atoms with Crippen LogP contribution in [0, 0.1) is 0 Å². The van der Waals surface area contributed by atoms with E-state index in [1.165, 1.54) is 0 Å². The van der Waals surface area contributed by atoms with Gasteiger partial charge in [0.25, 0.3) is 0 Å². The second kappa shape index (κ2) is 6.74. The van der Waals surface area contributed by atoms with Gasteiger partial charge in [0.1, 0.15) is 11.8 Å². The largest absolute Gasteiger partial charge is 0.508 e. The molecular weight excluding hydrogens is 274 g/mol. The molecule has 1 fully saturated rings. The topological polar surface area (TPSA) is 108 Å². The Morgan fingerprint density at radius 2 is 2.00 bits per heavy atom. The maximum absolute atomic E-state index is 11.9. The van der Waals surface area contributed by atoms with Crippen molar-refractivity contribution in [2.75, 3.05) is 6.54 Å². The molecule has 0 saturated carbocycles. The van der Waals surface area contributed by atoms with Crippen molar-refractivity contribution in [1.82, 2.24) is 16.0 Å². The zero-order valence-electron chi connectivity index (χ0n) is 11.4. The highest BCUT2D eigenvalue weighted by Gasteiger charge is 2.25.